The van der Waals surface area contributed by atoms with Crippen molar-refractivity contribution in [3.8, 4) is 0 Å². The summed E-state index contributed by atoms with van der Waals surface area (Å²) in [6.45, 7) is 9.49. The molecule has 2 heterocycles. The van der Waals surface area contributed by atoms with E-state index in [-0.39, 0.29) is 11.9 Å². The van der Waals surface area contributed by atoms with Crippen LogP contribution in [0.1, 0.15) is 26.7 Å². The number of carbonyl (C=O) groups is 1. The summed E-state index contributed by atoms with van der Waals surface area (Å²) in [6, 6.07) is 0.561. The molecule has 3 unspecified atom stereocenters. The van der Waals surface area contributed by atoms with Crippen molar-refractivity contribution >= 4 is 5.91 Å². The minimum atomic E-state index is -0.162. The Morgan fingerprint density at radius 1 is 1.38 bits per heavy atom. The third-order valence-electron chi connectivity index (χ3n) is 4.21. The molecule has 6 nitrogen and oxygen atoms in total. The van der Waals surface area contributed by atoms with Gasteiger partial charge in [0.15, 0.2) is 0 Å². The van der Waals surface area contributed by atoms with Gasteiger partial charge < -0.3 is 20.1 Å². The molecule has 0 spiro atoms. The quantitative estimate of drug-likeness (QED) is 0.722. The summed E-state index contributed by atoms with van der Waals surface area (Å²) >= 11 is 0. The van der Waals surface area contributed by atoms with Gasteiger partial charge >= 0.3 is 0 Å². The highest BCUT2D eigenvalue weighted by Crippen LogP contribution is 2.16. The lowest BCUT2D eigenvalue weighted by molar-refractivity contribution is -0.134. The molecule has 2 N–H and O–H groups in total. The number of hydrogen-bond donors (Lipinski definition) is 2. The molecule has 0 radical (unpaired) electrons. The highest BCUT2D eigenvalue weighted by molar-refractivity contribution is 5.82. The van der Waals surface area contributed by atoms with Crippen LogP contribution in [0.4, 0.5) is 0 Å². The highest BCUT2D eigenvalue weighted by Gasteiger charge is 2.33. The van der Waals surface area contributed by atoms with Crippen LogP contribution in [0.25, 0.3) is 0 Å². The van der Waals surface area contributed by atoms with Crippen molar-refractivity contribution in [1.29, 1.82) is 0 Å². The number of morpholine rings is 2. The molecule has 0 aromatic rings. The first-order valence-electron chi connectivity index (χ1n) is 8.14. The molecule has 6 heteroatoms. The molecule has 2 rings (SSSR count). The molecule has 2 fully saturated rings. The van der Waals surface area contributed by atoms with Gasteiger partial charge in [-0.2, -0.15) is 0 Å². The molecule has 1 amide bonds. The first-order valence-corrected chi connectivity index (χ1v) is 8.14. The fraction of sp³-hybridized carbons (Fsp3) is 0.933. The van der Waals surface area contributed by atoms with E-state index in [0.717, 1.165) is 45.7 Å². The van der Waals surface area contributed by atoms with E-state index >= 15 is 0 Å². The van der Waals surface area contributed by atoms with Crippen molar-refractivity contribution < 1.29 is 14.3 Å². The van der Waals surface area contributed by atoms with Crippen molar-refractivity contribution in [3.05, 3.63) is 0 Å². The normalized spacial score (nSPS) is 29.0. The predicted octanol–water partition coefficient (Wildman–Crippen LogP) is -0.0196. The molecule has 0 bridgehead atoms. The Hall–Kier alpha value is -0.690. The van der Waals surface area contributed by atoms with Crippen LogP contribution in [-0.2, 0) is 14.3 Å². The number of nitrogens with zero attached hydrogens (tertiary/aromatic N) is 1. The number of hydrogen-bond acceptors (Lipinski definition) is 5. The van der Waals surface area contributed by atoms with E-state index in [4.69, 9.17) is 9.47 Å². The average Bonchev–Trinajstić information content (AvgIpc) is 2.53. The fourth-order valence-corrected chi connectivity index (χ4v) is 3.05. The molecule has 122 valence electrons. The summed E-state index contributed by atoms with van der Waals surface area (Å²) in [5, 5.41) is 6.47. The lowest BCUT2D eigenvalue weighted by Crippen LogP contribution is -2.58. The molecule has 3 atom stereocenters. The van der Waals surface area contributed by atoms with Gasteiger partial charge in [0.05, 0.1) is 26.4 Å². The number of rotatable bonds is 6. The lowest BCUT2D eigenvalue weighted by Gasteiger charge is -2.40. The highest BCUT2D eigenvalue weighted by atomic mass is 16.5. The minimum absolute atomic E-state index is 0.0938. The van der Waals surface area contributed by atoms with Gasteiger partial charge in [-0.3, -0.25) is 9.69 Å². The van der Waals surface area contributed by atoms with Crippen LogP contribution in [0.5, 0.6) is 0 Å². The first kappa shape index (κ1) is 16.7. The second-order valence-electron chi connectivity index (χ2n) is 5.93. The first-order chi connectivity index (χ1) is 10.2. The SMILES string of the molecule is CCCNC(=O)C1COCCN1C(C)CC1COCCN1. The summed E-state index contributed by atoms with van der Waals surface area (Å²) in [5.74, 6) is 0.0938. The van der Waals surface area contributed by atoms with Gasteiger partial charge in [0, 0.05) is 31.7 Å². The van der Waals surface area contributed by atoms with Gasteiger partial charge in [-0.05, 0) is 19.8 Å². The topological polar surface area (TPSA) is 62.8 Å². The third kappa shape index (κ3) is 4.92. The van der Waals surface area contributed by atoms with Gasteiger partial charge in [-0.1, -0.05) is 6.92 Å². The lowest BCUT2D eigenvalue weighted by atomic mass is 10.0. The van der Waals surface area contributed by atoms with Crippen molar-refractivity contribution in [1.82, 2.24) is 15.5 Å². The monoisotopic (exact) mass is 299 g/mol. The van der Waals surface area contributed by atoms with E-state index in [1.54, 1.807) is 0 Å². The van der Waals surface area contributed by atoms with Crippen LogP contribution < -0.4 is 10.6 Å². The minimum Gasteiger partial charge on any atom is -0.379 e. The predicted molar refractivity (Wildman–Crippen MR) is 81.3 cm³/mol. The van der Waals surface area contributed by atoms with E-state index in [1.807, 2.05) is 0 Å². The van der Waals surface area contributed by atoms with Crippen LogP contribution in [0.15, 0.2) is 0 Å². The maximum Gasteiger partial charge on any atom is 0.239 e. The van der Waals surface area contributed by atoms with Gasteiger partial charge in [0.1, 0.15) is 6.04 Å². The molecule has 2 saturated heterocycles. The van der Waals surface area contributed by atoms with Gasteiger partial charge in [-0.15, -0.1) is 0 Å². The number of nitrogens with one attached hydrogen (secondary N) is 2. The molecular weight excluding hydrogens is 270 g/mol. The van der Waals surface area contributed by atoms with Gasteiger partial charge in [0.2, 0.25) is 5.91 Å². The van der Waals surface area contributed by atoms with Crippen molar-refractivity contribution in [2.45, 2.75) is 44.8 Å². The summed E-state index contributed by atoms with van der Waals surface area (Å²) in [6.07, 6.45) is 1.95. The smallest absolute Gasteiger partial charge is 0.239 e. The largest absolute Gasteiger partial charge is 0.379 e. The summed E-state index contributed by atoms with van der Waals surface area (Å²) in [7, 11) is 0. The van der Waals surface area contributed by atoms with E-state index in [1.165, 1.54) is 0 Å². The fourth-order valence-electron chi connectivity index (χ4n) is 3.05. The Balaban J connectivity index is 1.88. The Morgan fingerprint density at radius 3 is 2.90 bits per heavy atom. The molecule has 0 aromatic heterocycles. The number of amides is 1. The zero-order valence-electron chi connectivity index (χ0n) is 13.3. The van der Waals surface area contributed by atoms with Crippen molar-refractivity contribution in [2.24, 2.45) is 0 Å². The molecule has 0 aliphatic carbocycles. The average molecular weight is 299 g/mol. The maximum absolute atomic E-state index is 12.3. The zero-order valence-corrected chi connectivity index (χ0v) is 13.3. The van der Waals surface area contributed by atoms with Crippen LogP contribution >= 0.6 is 0 Å². The standard InChI is InChI=1S/C15H29N3O3/c1-3-4-17-15(19)14-11-21-8-6-18(14)12(2)9-13-10-20-7-5-16-13/h12-14,16H,3-11H2,1-2H3,(H,17,19). The number of ether oxygens (including phenoxy) is 2. The van der Waals surface area contributed by atoms with Crippen LogP contribution in [0.3, 0.4) is 0 Å². The Kier molecular flexibility index (Phi) is 6.89. The van der Waals surface area contributed by atoms with Crippen LogP contribution in [0.2, 0.25) is 0 Å². The van der Waals surface area contributed by atoms with E-state index < -0.39 is 0 Å². The van der Waals surface area contributed by atoms with Crippen molar-refractivity contribution in [3.63, 3.8) is 0 Å². The molecule has 2 aliphatic heterocycles. The zero-order chi connectivity index (χ0) is 15.1. The molecule has 0 saturated carbocycles. The summed E-state index contributed by atoms with van der Waals surface area (Å²) in [4.78, 5) is 14.6. The van der Waals surface area contributed by atoms with E-state index in [9.17, 15) is 4.79 Å². The Bertz CT molecular complexity index is 321. The van der Waals surface area contributed by atoms with Crippen molar-refractivity contribution in [2.75, 3.05) is 46.1 Å². The Labute approximate surface area is 127 Å². The summed E-state index contributed by atoms with van der Waals surface area (Å²) < 4.78 is 11.0. The third-order valence-corrected chi connectivity index (χ3v) is 4.21. The molecule has 2 aliphatic rings. The van der Waals surface area contributed by atoms with E-state index in [0.29, 0.717) is 25.3 Å². The molecular formula is C15H29N3O3. The van der Waals surface area contributed by atoms with Gasteiger partial charge in [-0.25, -0.2) is 0 Å². The molecule has 0 aromatic carbocycles. The van der Waals surface area contributed by atoms with Crippen LogP contribution in [0, 0.1) is 0 Å². The summed E-state index contributed by atoms with van der Waals surface area (Å²) in [5.41, 5.74) is 0. The number of carbonyl (C=O) groups excluding carboxylic acids is 1. The molecule has 21 heavy (non-hydrogen) atoms. The van der Waals surface area contributed by atoms with Gasteiger partial charge in [0.25, 0.3) is 0 Å². The maximum atomic E-state index is 12.3. The second kappa shape index (κ2) is 8.68. The Morgan fingerprint density at radius 2 is 2.19 bits per heavy atom. The van der Waals surface area contributed by atoms with Crippen LogP contribution in [-0.4, -0.2) is 75.0 Å². The van der Waals surface area contributed by atoms with E-state index in [2.05, 4.69) is 29.4 Å². The second-order valence-corrected chi connectivity index (χ2v) is 5.93.